The zero-order valence-corrected chi connectivity index (χ0v) is 8.89. The molecule has 0 bridgehead atoms. The zero-order valence-electron chi connectivity index (χ0n) is 8.89. The van der Waals surface area contributed by atoms with Gasteiger partial charge in [0.05, 0.1) is 5.84 Å². The van der Waals surface area contributed by atoms with Gasteiger partial charge >= 0.3 is 0 Å². The molecule has 78 valence electrons. The van der Waals surface area contributed by atoms with Crippen molar-refractivity contribution in [2.75, 3.05) is 13.1 Å². The van der Waals surface area contributed by atoms with Gasteiger partial charge in [-0.15, -0.1) is 0 Å². The molecule has 0 amide bonds. The van der Waals surface area contributed by atoms with E-state index in [9.17, 15) is 0 Å². The average molecular weight is 192 g/mol. The van der Waals surface area contributed by atoms with Gasteiger partial charge in [-0.2, -0.15) is 0 Å². The maximum absolute atomic E-state index is 4.49. The van der Waals surface area contributed by atoms with Crippen LogP contribution >= 0.6 is 0 Å². The van der Waals surface area contributed by atoms with E-state index in [0.29, 0.717) is 0 Å². The second-order valence-corrected chi connectivity index (χ2v) is 4.25. The molecule has 0 atom stereocenters. The van der Waals surface area contributed by atoms with Gasteiger partial charge in [0.15, 0.2) is 0 Å². The number of rotatable bonds is 2. The van der Waals surface area contributed by atoms with Gasteiger partial charge in [0.2, 0.25) is 0 Å². The lowest BCUT2D eigenvalue weighted by molar-refractivity contribution is 0.671. The van der Waals surface area contributed by atoms with Crippen molar-refractivity contribution in [1.82, 2.24) is 5.32 Å². The molecule has 2 aliphatic rings. The predicted octanol–water partition coefficient (Wildman–Crippen LogP) is 2.66. The Morgan fingerprint density at radius 1 is 1.14 bits per heavy atom. The second kappa shape index (κ2) is 5.18. The minimum Gasteiger partial charge on any atom is -0.370 e. The van der Waals surface area contributed by atoms with E-state index in [0.717, 1.165) is 19.5 Å². The molecule has 2 heteroatoms. The Morgan fingerprint density at radius 2 is 2.07 bits per heavy atom. The smallest absolute Gasteiger partial charge is 0.0965 e. The standard InChI is InChI=1S/C12H20N2/c1-2-6-11(7-3-1)10-14-12-8-4-5-9-13-12/h6H,1-5,7-10H2,(H,13,14). The molecule has 0 aromatic heterocycles. The van der Waals surface area contributed by atoms with Crippen molar-refractivity contribution < 1.29 is 0 Å². The van der Waals surface area contributed by atoms with E-state index in [-0.39, 0.29) is 0 Å². The average Bonchev–Trinajstić information content (AvgIpc) is 2.29. The van der Waals surface area contributed by atoms with Gasteiger partial charge in [0.25, 0.3) is 0 Å². The van der Waals surface area contributed by atoms with Gasteiger partial charge in [-0.1, -0.05) is 11.6 Å². The summed E-state index contributed by atoms with van der Waals surface area (Å²) in [6.45, 7) is 2.07. The largest absolute Gasteiger partial charge is 0.370 e. The van der Waals surface area contributed by atoms with E-state index in [1.165, 1.54) is 44.4 Å². The molecule has 0 fully saturated rings. The Balaban J connectivity index is 1.75. The molecule has 2 nitrogen and oxygen atoms in total. The SMILES string of the molecule is C1=C(CNC2=NCCCC2)CCCC1. The summed E-state index contributed by atoms with van der Waals surface area (Å²) >= 11 is 0. The predicted molar refractivity (Wildman–Crippen MR) is 60.7 cm³/mol. The lowest BCUT2D eigenvalue weighted by Gasteiger charge is -2.17. The van der Waals surface area contributed by atoms with Gasteiger partial charge in [-0.3, -0.25) is 4.99 Å². The molecule has 0 radical (unpaired) electrons. The van der Waals surface area contributed by atoms with Gasteiger partial charge in [-0.25, -0.2) is 0 Å². The van der Waals surface area contributed by atoms with Crippen molar-refractivity contribution in [3.05, 3.63) is 11.6 Å². The Bertz CT molecular complexity index is 215. The summed E-state index contributed by atoms with van der Waals surface area (Å²) in [5.74, 6) is 1.24. The van der Waals surface area contributed by atoms with Crippen LogP contribution in [0.1, 0.15) is 44.9 Å². The van der Waals surface area contributed by atoms with Crippen LogP contribution in [0.2, 0.25) is 0 Å². The summed E-state index contributed by atoms with van der Waals surface area (Å²) in [6.07, 6.45) is 11.5. The highest BCUT2D eigenvalue weighted by atomic mass is 15.0. The highest BCUT2D eigenvalue weighted by Crippen LogP contribution is 2.16. The fourth-order valence-electron chi connectivity index (χ4n) is 2.12. The molecule has 0 aromatic carbocycles. The van der Waals surface area contributed by atoms with Gasteiger partial charge in [-0.05, 0) is 38.5 Å². The third-order valence-electron chi connectivity index (χ3n) is 3.03. The summed E-state index contributed by atoms with van der Waals surface area (Å²) in [7, 11) is 0. The fourth-order valence-corrected chi connectivity index (χ4v) is 2.12. The minimum absolute atomic E-state index is 1.03. The number of aliphatic imine (C=N–C) groups is 1. The summed E-state index contributed by atoms with van der Waals surface area (Å²) in [6, 6.07) is 0. The highest BCUT2D eigenvalue weighted by Gasteiger charge is 2.06. The number of allylic oxidation sites excluding steroid dienone is 1. The van der Waals surface area contributed by atoms with Crippen LogP contribution in [0.4, 0.5) is 0 Å². The highest BCUT2D eigenvalue weighted by molar-refractivity contribution is 5.82. The molecule has 0 saturated carbocycles. The number of nitrogens with zero attached hydrogens (tertiary/aromatic N) is 1. The monoisotopic (exact) mass is 192 g/mol. The van der Waals surface area contributed by atoms with Crippen LogP contribution in [0.5, 0.6) is 0 Å². The van der Waals surface area contributed by atoms with Crippen molar-refractivity contribution in [1.29, 1.82) is 0 Å². The van der Waals surface area contributed by atoms with Crippen LogP contribution in [0.15, 0.2) is 16.6 Å². The van der Waals surface area contributed by atoms with E-state index < -0.39 is 0 Å². The van der Waals surface area contributed by atoms with Crippen LogP contribution in [-0.2, 0) is 0 Å². The number of amidine groups is 1. The molecule has 2 rings (SSSR count). The van der Waals surface area contributed by atoms with Crippen molar-refractivity contribution in [3.63, 3.8) is 0 Å². The zero-order chi connectivity index (χ0) is 9.64. The third kappa shape index (κ3) is 2.86. The van der Waals surface area contributed by atoms with E-state index in [4.69, 9.17) is 0 Å². The molecule has 1 N–H and O–H groups in total. The topological polar surface area (TPSA) is 24.4 Å². The van der Waals surface area contributed by atoms with Gasteiger partial charge < -0.3 is 5.32 Å². The van der Waals surface area contributed by atoms with E-state index in [2.05, 4.69) is 16.4 Å². The Labute approximate surface area is 86.5 Å². The maximum Gasteiger partial charge on any atom is 0.0965 e. The molecule has 14 heavy (non-hydrogen) atoms. The van der Waals surface area contributed by atoms with Crippen LogP contribution in [0, 0.1) is 0 Å². The molecule has 0 saturated heterocycles. The van der Waals surface area contributed by atoms with Crippen LogP contribution in [-0.4, -0.2) is 18.9 Å². The first kappa shape index (κ1) is 9.75. The lowest BCUT2D eigenvalue weighted by atomic mass is 9.99. The van der Waals surface area contributed by atoms with Crippen molar-refractivity contribution in [2.45, 2.75) is 44.9 Å². The summed E-state index contributed by atoms with van der Waals surface area (Å²) < 4.78 is 0. The summed E-state index contributed by atoms with van der Waals surface area (Å²) in [5.41, 5.74) is 1.59. The fraction of sp³-hybridized carbons (Fsp3) is 0.750. The van der Waals surface area contributed by atoms with Crippen molar-refractivity contribution in [3.8, 4) is 0 Å². The van der Waals surface area contributed by atoms with E-state index in [1.807, 2.05) is 0 Å². The van der Waals surface area contributed by atoms with Crippen molar-refractivity contribution >= 4 is 5.84 Å². The number of nitrogens with one attached hydrogen (secondary N) is 1. The molecule has 1 aliphatic heterocycles. The van der Waals surface area contributed by atoms with Gasteiger partial charge in [0, 0.05) is 19.5 Å². The second-order valence-electron chi connectivity index (χ2n) is 4.25. The normalized spacial score (nSPS) is 22.6. The minimum atomic E-state index is 1.03. The first-order valence-corrected chi connectivity index (χ1v) is 5.90. The number of hydrogen-bond acceptors (Lipinski definition) is 2. The third-order valence-corrected chi connectivity index (χ3v) is 3.03. The number of hydrogen-bond donors (Lipinski definition) is 1. The quantitative estimate of drug-likeness (QED) is 0.668. The van der Waals surface area contributed by atoms with Crippen LogP contribution < -0.4 is 5.32 Å². The molecule has 1 heterocycles. The summed E-state index contributed by atoms with van der Waals surface area (Å²) in [4.78, 5) is 4.49. The first-order chi connectivity index (χ1) is 6.95. The Kier molecular flexibility index (Phi) is 3.61. The molecular weight excluding hydrogens is 172 g/mol. The van der Waals surface area contributed by atoms with Gasteiger partial charge in [0.1, 0.15) is 0 Å². The van der Waals surface area contributed by atoms with Crippen LogP contribution in [0.3, 0.4) is 0 Å². The first-order valence-electron chi connectivity index (χ1n) is 5.90. The van der Waals surface area contributed by atoms with Crippen molar-refractivity contribution in [2.24, 2.45) is 4.99 Å². The maximum atomic E-state index is 4.49. The molecule has 0 aromatic rings. The molecule has 0 spiro atoms. The van der Waals surface area contributed by atoms with E-state index in [1.54, 1.807) is 5.57 Å². The molecule has 0 unspecified atom stereocenters. The van der Waals surface area contributed by atoms with E-state index >= 15 is 0 Å². The summed E-state index contributed by atoms with van der Waals surface area (Å²) in [5, 5.41) is 3.47. The lowest BCUT2D eigenvalue weighted by Crippen LogP contribution is -2.28. The Hall–Kier alpha value is -0.790. The Morgan fingerprint density at radius 3 is 2.79 bits per heavy atom. The molecule has 1 aliphatic carbocycles. The molecular formula is C12H20N2. The van der Waals surface area contributed by atoms with Crippen LogP contribution in [0.25, 0.3) is 0 Å².